The highest BCUT2D eigenvalue weighted by molar-refractivity contribution is 5.62. The number of nitrogens with zero attached hydrogens (tertiary/aromatic N) is 6. The molecule has 1 fully saturated rings. The molecule has 4 heterocycles. The fraction of sp³-hybridized carbons (Fsp3) is 0.435. The Morgan fingerprint density at radius 1 is 1.03 bits per heavy atom. The number of benzene rings is 1. The van der Waals surface area contributed by atoms with Gasteiger partial charge in [0.25, 0.3) is 0 Å². The van der Waals surface area contributed by atoms with Crippen molar-refractivity contribution < 1.29 is 0 Å². The van der Waals surface area contributed by atoms with Crippen molar-refractivity contribution in [2.45, 2.75) is 32.9 Å². The predicted molar refractivity (Wildman–Crippen MR) is 124 cm³/mol. The van der Waals surface area contributed by atoms with E-state index in [1.807, 2.05) is 12.3 Å². The second-order valence-electron chi connectivity index (χ2n) is 8.49. The predicted octanol–water partition coefficient (Wildman–Crippen LogP) is 2.54. The summed E-state index contributed by atoms with van der Waals surface area (Å²) in [5.74, 6) is 2.18. The van der Waals surface area contributed by atoms with Crippen LogP contribution in [-0.4, -0.2) is 63.8 Å². The van der Waals surface area contributed by atoms with Crippen LogP contribution in [0, 0.1) is 0 Å². The van der Waals surface area contributed by atoms with Gasteiger partial charge in [-0.15, -0.1) is 0 Å². The molecular weight excluding hydrogens is 388 g/mol. The molecular formula is C23H30N8. The van der Waals surface area contributed by atoms with Gasteiger partial charge in [0.1, 0.15) is 11.6 Å². The Balaban J connectivity index is 1.42. The van der Waals surface area contributed by atoms with E-state index in [9.17, 15) is 0 Å². The van der Waals surface area contributed by atoms with Crippen LogP contribution in [0.1, 0.15) is 25.0 Å². The Labute approximate surface area is 183 Å². The van der Waals surface area contributed by atoms with E-state index in [4.69, 9.17) is 5.73 Å². The van der Waals surface area contributed by atoms with E-state index in [1.165, 1.54) is 11.1 Å². The van der Waals surface area contributed by atoms with Crippen LogP contribution in [-0.2, 0) is 13.0 Å². The lowest BCUT2D eigenvalue weighted by Gasteiger charge is -2.37. The highest BCUT2D eigenvalue weighted by Crippen LogP contribution is 2.32. The fourth-order valence-electron chi connectivity index (χ4n) is 4.67. The molecule has 2 aliphatic heterocycles. The summed E-state index contributed by atoms with van der Waals surface area (Å²) >= 11 is 0. The van der Waals surface area contributed by atoms with Crippen molar-refractivity contribution in [3.05, 3.63) is 47.7 Å². The maximum Gasteiger partial charge on any atom is 0.223 e. The topological polar surface area (TPSA) is 90.2 Å². The molecule has 0 saturated carbocycles. The Kier molecular flexibility index (Phi) is 5.23. The fourth-order valence-corrected chi connectivity index (χ4v) is 4.67. The molecule has 1 atom stereocenters. The van der Waals surface area contributed by atoms with Crippen LogP contribution in [0.25, 0.3) is 11.3 Å². The zero-order chi connectivity index (χ0) is 21.4. The number of nitrogens with one attached hydrogen (secondary N) is 1. The number of anilines is 3. The number of likely N-dealkylation sites (N-methyl/N-ethyl adjacent to an activating group) is 1. The zero-order valence-corrected chi connectivity index (χ0v) is 18.3. The molecule has 0 aliphatic carbocycles. The molecule has 1 unspecified atom stereocenters. The van der Waals surface area contributed by atoms with Crippen molar-refractivity contribution in [3.63, 3.8) is 0 Å². The lowest BCUT2D eigenvalue weighted by molar-refractivity contribution is 0.270. The molecule has 8 heteroatoms. The molecule has 1 saturated heterocycles. The molecule has 2 aliphatic rings. The quantitative estimate of drug-likeness (QED) is 0.673. The Morgan fingerprint density at radius 2 is 1.84 bits per heavy atom. The maximum atomic E-state index is 6.16. The third-order valence-electron chi connectivity index (χ3n) is 6.55. The minimum absolute atomic E-state index is 0.336. The van der Waals surface area contributed by atoms with Crippen molar-refractivity contribution in [1.29, 1.82) is 0 Å². The molecule has 3 aromatic rings. The van der Waals surface area contributed by atoms with Gasteiger partial charge in [-0.1, -0.05) is 19.1 Å². The van der Waals surface area contributed by atoms with Crippen molar-refractivity contribution in [3.8, 4) is 11.3 Å². The van der Waals surface area contributed by atoms with Gasteiger partial charge in [0.2, 0.25) is 5.95 Å². The molecule has 8 nitrogen and oxygen atoms in total. The number of fused-ring (bicyclic) bond motifs is 1. The summed E-state index contributed by atoms with van der Waals surface area (Å²) in [6.45, 7) is 10.4. The first kappa shape index (κ1) is 19.8. The zero-order valence-electron chi connectivity index (χ0n) is 18.3. The van der Waals surface area contributed by atoms with E-state index in [0.29, 0.717) is 12.0 Å². The SMILES string of the molecule is CCN1CCN(c2cc(N3Cc4cc(-c5cc[nH]n5)ccc4CC3C)nc(N)n2)CC1. The molecule has 0 radical (unpaired) electrons. The van der Waals surface area contributed by atoms with E-state index in [2.05, 4.69) is 73.0 Å². The summed E-state index contributed by atoms with van der Waals surface area (Å²) in [6, 6.07) is 11.1. The number of nitrogens with two attached hydrogens (primary N) is 1. The minimum atomic E-state index is 0.336. The molecule has 31 heavy (non-hydrogen) atoms. The number of rotatable bonds is 4. The van der Waals surface area contributed by atoms with E-state index >= 15 is 0 Å². The normalized spacial score (nSPS) is 19.5. The highest BCUT2D eigenvalue weighted by atomic mass is 15.3. The number of piperazine rings is 1. The standard InChI is InChI=1S/C23H30N8/c1-3-29-8-10-30(11-9-29)21-14-22(27-23(24)26-21)31-15-19-13-18(20-6-7-25-28-20)5-4-17(19)12-16(31)2/h4-7,13-14,16H,3,8-12,15H2,1-2H3,(H,25,28)(H2,24,26,27). The molecule has 0 bridgehead atoms. The lowest BCUT2D eigenvalue weighted by atomic mass is 9.92. The van der Waals surface area contributed by atoms with Crippen molar-refractivity contribution in [2.24, 2.45) is 0 Å². The molecule has 162 valence electrons. The first-order valence-corrected chi connectivity index (χ1v) is 11.1. The van der Waals surface area contributed by atoms with Crippen LogP contribution in [0.3, 0.4) is 0 Å². The van der Waals surface area contributed by atoms with Crippen molar-refractivity contribution in [2.75, 3.05) is 48.3 Å². The van der Waals surface area contributed by atoms with Gasteiger partial charge in [0.15, 0.2) is 0 Å². The smallest absolute Gasteiger partial charge is 0.223 e. The molecule has 0 spiro atoms. The number of hydrogen-bond acceptors (Lipinski definition) is 7. The van der Waals surface area contributed by atoms with Crippen LogP contribution in [0.15, 0.2) is 36.5 Å². The van der Waals surface area contributed by atoms with Gasteiger partial charge in [-0.3, -0.25) is 5.10 Å². The molecule has 2 aromatic heterocycles. The largest absolute Gasteiger partial charge is 0.368 e. The summed E-state index contributed by atoms with van der Waals surface area (Å²) < 4.78 is 0. The number of nitrogen functional groups attached to an aromatic ring is 1. The number of aromatic nitrogens is 4. The molecule has 1 aromatic carbocycles. The van der Waals surface area contributed by atoms with E-state index < -0.39 is 0 Å². The van der Waals surface area contributed by atoms with Gasteiger partial charge in [-0.05, 0) is 43.1 Å². The number of hydrogen-bond donors (Lipinski definition) is 2. The van der Waals surface area contributed by atoms with Crippen LogP contribution in [0.2, 0.25) is 0 Å². The summed E-state index contributed by atoms with van der Waals surface area (Å²) in [5.41, 5.74) is 11.0. The van der Waals surface area contributed by atoms with Gasteiger partial charge in [-0.25, -0.2) is 0 Å². The van der Waals surface area contributed by atoms with Crippen LogP contribution >= 0.6 is 0 Å². The monoisotopic (exact) mass is 418 g/mol. The van der Waals surface area contributed by atoms with Crippen molar-refractivity contribution in [1.82, 2.24) is 25.1 Å². The average Bonchev–Trinajstić information content (AvgIpc) is 3.33. The third-order valence-corrected chi connectivity index (χ3v) is 6.55. The number of aromatic amines is 1. The Hall–Kier alpha value is -3.13. The lowest BCUT2D eigenvalue weighted by Crippen LogP contribution is -2.46. The maximum absolute atomic E-state index is 6.16. The third kappa shape index (κ3) is 3.95. The van der Waals surface area contributed by atoms with E-state index in [-0.39, 0.29) is 0 Å². The molecule has 5 rings (SSSR count). The minimum Gasteiger partial charge on any atom is -0.368 e. The molecule has 3 N–H and O–H groups in total. The second kappa shape index (κ2) is 8.19. The average molecular weight is 419 g/mol. The summed E-state index contributed by atoms with van der Waals surface area (Å²) in [4.78, 5) is 16.3. The molecule has 0 amide bonds. The van der Waals surface area contributed by atoms with Gasteiger partial charge in [0, 0.05) is 56.6 Å². The second-order valence-corrected chi connectivity index (χ2v) is 8.49. The van der Waals surface area contributed by atoms with Crippen LogP contribution in [0.5, 0.6) is 0 Å². The van der Waals surface area contributed by atoms with Gasteiger partial charge in [0.05, 0.1) is 5.69 Å². The Morgan fingerprint density at radius 3 is 2.58 bits per heavy atom. The first-order chi connectivity index (χ1) is 15.1. The first-order valence-electron chi connectivity index (χ1n) is 11.1. The van der Waals surface area contributed by atoms with Gasteiger partial charge >= 0.3 is 0 Å². The highest BCUT2D eigenvalue weighted by Gasteiger charge is 2.26. The van der Waals surface area contributed by atoms with E-state index in [1.54, 1.807) is 0 Å². The summed E-state index contributed by atoms with van der Waals surface area (Å²) in [7, 11) is 0. The number of H-pyrrole nitrogens is 1. The van der Waals surface area contributed by atoms with Crippen molar-refractivity contribution >= 4 is 17.6 Å². The summed E-state index contributed by atoms with van der Waals surface area (Å²) in [6.07, 6.45) is 2.83. The van der Waals surface area contributed by atoms with Gasteiger partial charge in [-0.2, -0.15) is 15.1 Å². The van der Waals surface area contributed by atoms with E-state index in [0.717, 1.165) is 68.6 Å². The Bertz CT molecular complexity index is 1040. The summed E-state index contributed by atoms with van der Waals surface area (Å²) in [5, 5.41) is 7.23. The van der Waals surface area contributed by atoms with Gasteiger partial charge < -0.3 is 20.4 Å². The van der Waals surface area contributed by atoms with Crippen LogP contribution < -0.4 is 15.5 Å². The van der Waals surface area contributed by atoms with Crippen LogP contribution in [0.4, 0.5) is 17.6 Å².